The lowest BCUT2D eigenvalue weighted by atomic mass is 10.6. The van der Waals surface area contributed by atoms with Crippen LogP contribution in [0.2, 0.25) is 0 Å². The molecule has 0 atom stereocenters. The molecule has 0 spiro atoms. The van der Waals surface area contributed by atoms with Gasteiger partial charge in [0.1, 0.15) is 0 Å². The van der Waals surface area contributed by atoms with E-state index in [0.717, 1.165) is 12.8 Å². The SMILES string of the molecule is CCS(=O)(=O)CCN=C(N)N(C)C1CC1. The van der Waals surface area contributed by atoms with Gasteiger partial charge in [0, 0.05) is 18.8 Å². The van der Waals surface area contributed by atoms with Gasteiger partial charge in [0.15, 0.2) is 15.8 Å². The number of aliphatic imine (C=N–C) groups is 1. The Labute approximate surface area is 91.3 Å². The summed E-state index contributed by atoms with van der Waals surface area (Å²) in [5.41, 5.74) is 5.71. The van der Waals surface area contributed by atoms with Gasteiger partial charge in [0.2, 0.25) is 0 Å². The molecule has 0 aromatic carbocycles. The van der Waals surface area contributed by atoms with Crippen molar-refractivity contribution >= 4 is 15.8 Å². The maximum absolute atomic E-state index is 11.2. The molecule has 0 aromatic heterocycles. The number of guanidine groups is 1. The van der Waals surface area contributed by atoms with E-state index in [0.29, 0.717) is 12.0 Å². The van der Waals surface area contributed by atoms with Crippen LogP contribution in [0.25, 0.3) is 0 Å². The molecule has 1 saturated carbocycles. The maximum atomic E-state index is 11.2. The monoisotopic (exact) mass is 233 g/mol. The summed E-state index contributed by atoms with van der Waals surface area (Å²) < 4.78 is 22.3. The number of hydrogen-bond donors (Lipinski definition) is 1. The zero-order valence-electron chi connectivity index (χ0n) is 9.31. The van der Waals surface area contributed by atoms with Crippen molar-refractivity contribution in [3.05, 3.63) is 0 Å². The molecule has 2 N–H and O–H groups in total. The quantitative estimate of drug-likeness (QED) is 0.528. The van der Waals surface area contributed by atoms with Gasteiger partial charge in [-0.1, -0.05) is 6.92 Å². The predicted octanol–water partition coefficient (Wildman–Crippen LogP) is -0.170. The summed E-state index contributed by atoms with van der Waals surface area (Å²) in [6, 6.07) is 0.511. The van der Waals surface area contributed by atoms with E-state index < -0.39 is 9.84 Å². The molecular weight excluding hydrogens is 214 g/mol. The first-order chi connectivity index (χ1) is 6.96. The summed E-state index contributed by atoms with van der Waals surface area (Å²) in [5, 5.41) is 0. The van der Waals surface area contributed by atoms with Gasteiger partial charge in [-0.25, -0.2) is 8.42 Å². The lowest BCUT2D eigenvalue weighted by Crippen LogP contribution is -2.36. The van der Waals surface area contributed by atoms with E-state index in [2.05, 4.69) is 4.99 Å². The lowest BCUT2D eigenvalue weighted by molar-refractivity contribution is 0.488. The van der Waals surface area contributed by atoms with Crippen molar-refractivity contribution in [2.24, 2.45) is 10.7 Å². The van der Waals surface area contributed by atoms with Gasteiger partial charge in [0.05, 0.1) is 12.3 Å². The second kappa shape index (κ2) is 4.83. The van der Waals surface area contributed by atoms with Crippen molar-refractivity contribution in [2.45, 2.75) is 25.8 Å². The smallest absolute Gasteiger partial charge is 0.191 e. The van der Waals surface area contributed by atoms with Crippen LogP contribution in [0.15, 0.2) is 4.99 Å². The van der Waals surface area contributed by atoms with E-state index in [-0.39, 0.29) is 18.1 Å². The minimum absolute atomic E-state index is 0.0860. The highest BCUT2D eigenvalue weighted by molar-refractivity contribution is 7.91. The van der Waals surface area contributed by atoms with Gasteiger partial charge in [-0.2, -0.15) is 0 Å². The predicted molar refractivity (Wildman–Crippen MR) is 61.6 cm³/mol. The summed E-state index contributed by atoms with van der Waals surface area (Å²) in [4.78, 5) is 5.97. The van der Waals surface area contributed by atoms with E-state index >= 15 is 0 Å². The van der Waals surface area contributed by atoms with E-state index in [1.807, 2.05) is 11.9 Å². The number of hydrogen-bond acceptors (Lipinski definition) is 3. The van der Waals surface area contributed by atoms with Crippen LogP contribution in [0.4, 0.5) is 0 Å². The van der Waals surface area contributed by atoms with E-state index in [1.54, 1.807) is 6.92 Å². The molecule has 0 aromatic rings. The van der Waals surface area contributed by atoms with Gasteiger partial charge in [0.25, 0.3) is 0 Å². The van der Waals surface area contributed by atoms with Gasteiger partial charge >= 0.3 is 0 Å². The zero-order valence-corrected chi connectivity index (χ0v) is 10.1. The molecular formula is C9H19N3O2S. The van der Waals surface area contributed by atoms with Crippen molar-refractivity contribution in [3.63, 3.8) is 0 Å². The molecule has 0 aliphatic heterocycles. The Bertz CT molecular complexity index is 333. The largest absolute Gasteiger partial charge is 0.370 e. The van der Waals surface area contributed by atoms with Crippen molar-refractivity contribution < 1.29 is 8.42 Å². The Kier molecular flexibility index (Phi) is 3.96. The Morgan fingerprint density at radius 1 is 1.53 bits per heavy atom. The summed E-state index contributed by atoms with van der Waals surface area (Å²) >= 11 is 0. The molecule has 1 fully saturated rings. The average molecular weight is 233 g/mol. The molecule has 15 heavy (non-hydrogen) atoms. The van der Waals surface area contributed by atoms with Crippen molar-refractivity contribution in [3.8, 4) is 0 Å². The van der Waals surface area contributed by atoms with Crippen LogP contribution in [0.5, 0.6) is 0 Å². The summed E-state index contributed by atoms with van der Waals surface area (Å²) in [6.45, 7) is 1.90. The third kappa shape index (κ3) is 4.07. The second-order valence-corrected chi connectivity index (χ2v) is 6.29. The third-order valence-electron chi connectivity index (χ3n) is 2.57. The lowest BCUT2D eigenvalue weighted by Gasteiger charge is -2.16. The second-order valence-electron chi connectivity index (χ2n) is 3.82. The first kappa shape index (κ1) is 12.3. The minimum atomic E-state index is -2.93. The number of sulfone groups is 1. The van der Waals surface area contributed by atoms with Crippen LogP contribution >= 0.6 is 0 Å². The minimum Gasteiger partial charge on any atom is -0.370 e. The normalized spacial score (nSPS) is 17.9. The van der Waals surface area contributed by atoms with E-state index in [9.17, 15) is 8.42 Å². The molecule has 5 nitrogen and oxygen atoms in total. The molecule has 0 unspecified atom stereocenters. The van der Waals surface area contributed by atoms with Crippen LogP contribution in [0, 0.1) is 0 Å². The maximum Gasteiger partial charge on any atom is 0.191 e. The van der Waals surface area contributed by atoms with Crippen LogP contribution in [0.3, 0.4) is 0 Å². The molecule has 1 aliphatic rings. The molecule has 6 heteroatoms. The van der Waals surface area contributed by atoms with Crippen molar-refractivity contribution in [1.82, 2.24) is 4.90 Å². The van der Waals surface area contributed by atoms with Gasteiger partial charge in [-0.15, -0.1) is 0 Å². The van der Waals surface area contributed by atoms with Gasteiger partial charge in [-0.05, 0) is 12.8 Å². The van der Waals surface area contributed by atoms with Crippen molar-refractivity contribution in [2.75, 3.05) is 25.1 Å². The first-order valence-corrected chi connectivity index (χ1v) is 7.01. The van der Waals surface area contributed by atoms with Crippen LogP contribution in [0.1, 0.15) is 19.8 Å². The molecule has 1 rings (SSSR count). The molecule has 0 bridgehead atoms. The standard InChI is InChI=1S/C9H19N3O2S/c1-3-15(13,14)7-6-11-9(10)12(2)8-4-5-8/h8H,3-7H2,1-2H3,(H2,10,11). The third-order valence-corrected chi connectivity index (χ3v) is 4.26. The first-order valence-electron chi connectivity index (χ1n) is 5.19. The van der Waals surface area contributed by atoms with Gasteiger partial charge < -0.3 is 10.6 Å². The van der Waals surface area contributed by atoms with Crippen LogP contribution in [-0.2, 0) is 9.84 Å². The zero-order chi connectivity index (χ0) is 11.5. The molecule has 0 radical (unpaired) electrons. The number of nitrogens with zero attached hydrogens (tertiary/aromatic N) is 2. The summed E-state index contributed by atoms with van der Waals surface area (Å²) in [5.74, 6) is 0.702. The summed E-state index contributed by atoms with van der Waals surface area (Å²) in [6.07, 6.45) is 2.31. The fourth-order valence-electron chi connectivity index (χ4n) is 1.20. The Balaban J connectivity index is 2.36. The van der Waals surface area contributed by atoms with E-state index in [1.165, 1.54) is 0 Å². The molecule has 0 amide bonds. The summed E-state index contributed by atoms with van der Waals surface area (Å²) in [7, 11) is -1.03. The van der Waals surface area contributed by atoms with E-state index in [4.69, 9.17) is 5.73 Å². The highest BCUT2D eigenvalue weighted by atomic mass is 32.2. The Morgan fingerprint density at radius 3 is 2.60 bits per heavy atom. The van der Waals surface area contributed by atoms with Crippen molar-refractivity contribution in [1.29, 1.82) is 0 Å². The average Bonchev–Trinajstić information content (AvgIpc) is 2.99. The van der Waals surface area contributed by atoms with Crippen LogP contribution < -0.4 is 5.73 Å². The highest BCUT2D eigenvalue weighted by Gasteiger charge is 2.27. The number of rotatable bonds is 5. The molecule has 88 valence electrons. The Morgan fingerprint density at radius 2 is 2.13 bits per heavy atom. The topological polar surface area (TPSA) is 75.8 Å². The number of nitrogens with two attached hydrogens (primary N) is 1. The van der Waals surface area contributed by atoms with Gasteiger partial charge in [-0.3, -0.25) is 4.99 Å². The highest BCUT2D eigenvalue weighted by Crippen LogP contribution is 2.24. The fraction of sp³-hybridized carbons (Fsp3) is 0.889. The molecule has 0 heterocycles. The molecule has 0 saturated heterocycles. The van der Waals surface area contributed by atoms with Crippen LogP contribution in [-0.4, -0.2) is 50.4 Å². The fourth-order valence-corrected chi connectivity index (χ4v) is 1.86. The Hall–Kier alpha value is -0.780. The molecule has 1 aliphatic carbocycles.